The fourth-order valence-corrected chi connectivity index (χ4v) is 1.75. The summed E-state index contributed by atoms with van der Waals surface area (Å²) in [7, 11) is 0. The Bertz CT molecular complexity index is 403. The van der Waals surface area contributed by atoms with Crippen LogP contribution in [-0.2, 0) is 4.79 Å². The van der Waals surface area contributed by atoms with Gasteiger partial charge < -0.3 is 15.5 Å². The molecule has 0 aliphatic heterocycles. The van der Waals surface area contributed by atoms with E-state index in [1.165, 1.54) is 0 Å². The number of hydrogen-bond acceptors (Lipinski definition) is 3. The van der Waals surface area contributed by atoms with Crippen LogP contribution >= 0.6 is 0 Å². The molecule has 4 nitrogen and oxygen atoms in total. The summed E-state index contributed by atoms with van der Waals surface area (Å²) >= 11 is 0. The Labute approximate surface area is 113 Å². The second kappa shape index (κ2) is 7.71. The maximum absolute atomic E-state index is 10.9. The Hall–Kier alpha value is -1.65. The van der Waals surface area contributed by atoms with E-state index >= 15 is 0 Å². The summed E-state index contributed by atoms with van der Waals surface area (Å²) in [5.41, 5.74) is 0.978. The van der Waals surface area contributed by atoms with Crippen LogP contribution in [0.1, 0.15) is 18.1 Å². The van der Waals surface area contributed by atoms with Crippen LogP contribution in [0.2, 0.25) is 0 Å². The first-order valence-electron chi connectivity index (χ1n) is 6.13. The lowest BCUT2D eigenvalue weighted by atomic mass is 9.98. The summed E-state index contributed by atoms with van der Waals surface area (Å²) in [4.78, 5) is 10.9. The number of nitrogens with one attached hydrogen (secondary N) is 1. The van der Waals surface area contributed by atoms with E-state index in [4.69, 9.17) is 11.7 Å². The maximum Gasteiger partial charge on any atom is 0.310 e. The third-order valence-electron chi connectivity index (χ3n) is 2.88. The minimum Gasteiger partial charge on any atom is -0.481 e. The molecule has 2 atom stereocenters. The predicted octanol–water partition coefficient (Wildman–Crippen LogP) is 1.59. The molecule has 0 fully saturated rings. The number of carboxylic acid groups (broad SMARTS) is 1. The average molecular weight is 261 g/mol. The molecule has 0 amide bonds. The van der Waals surface area contributed by atoms with Gasteiger partial charge in [0.2, 0.25) is 0 Å². The number of hydrogen-bond donors (Lipinski definition) is 3. The van der Waals surface area contributed by atoms with Crippen LogP contribution in [-0.4, -0.2) is 29.3 Å². The highest BCUT2D eigenvalue weighted by Crippen LogP contribution is 2.13. The molecule has 1 aromatic carbocycles. The van der Waals surface area contributed by atoms with Gasteiger partial charge in [-0.1, -0.05) is 42.5 Å². The molecule has 3 N–H and O–H groups in total. The maximum atomic E-state index is 10.9. The van der Waals surface area contributed by atoms with Gasteiger partial charge in [0.1, 0.15) is 0 Å². The molecule has 0 spiro atoms. The molecule has 0 bridgehead atoms. The number of carbonyl (C=O) groups is 1. The smallest absolute Gasteiger partial charge is 0.310 e. The van der Waals surface area contributed by atoms with Crippen molar-refractivity contribution < 1.29 is 15.0 Å². The monoisotopic (exact) mass is 261 g/mol. The summed E-state index contributed by atoms with van der Waals surface area (Å²) in [6, 6.07) is 9.28. The molecule has 19 heavy (non-hydrogen) atoms. The summed E-state index contributed by atoms with van der Waals surface area (Å²) in [6.45, 7) is 9.70. The largest absolute Gasteiger partial charge is 0.481 e. The van der Waals surface area contributed by atoms with Crippen LogP contribution in [0.3, 0.4) is 0 Å². The van der Waals surface area contributed by atoms with Gasteiger partial charge in [0, 0.05) is 6.54 Å². The average Bonchev–Trinajstić information content (AvgIpc) is 2.38. The van der Waals surface area contributed by atoms with Gasteiger partial charge in [-0.3, -0.25) is 4.79 Å². The molecule has 0 aliphatic carbocycles. The third-order valence-corrected chi connectivity index (χ3v) is 2.88. The number of benzene rings is 1. The highest BCUT2D eigenvalue weighted by atomic mass is 16.4. The molecule has 4 heteroatoms. The highest BCUT2D eigenvalue weighted by Gasteiger charge is 2.17. The molecule has 102 valence electrons. The third kappa shape index (κ3) is 5.24. The van der Waals surface area contributed by atoms with Crippen molar-refractivity contribution >= 4 is 5.97 Å². The summed E-state index contributed by atoms with van der Waals surface area (Å²) in [6.07, 6.45) is -0.253. The molecule has 1 rings (SSSR count). The lowest BCUT2D eigenvalue weighted by Gasteiger charge is -2.14. The van der Waals surface area contributed by atoms with Gasteiger partial charge in [-0.15, -0.1) is 0 Å². The number of aliphatic hydroxyl groups excluding tert-OH is 1. The first kappa shape index (κ1) is 15.4. The van der Waals surface area contributed by atoms with Crippen molar-refractivity contribution in [2.45, 2.75) is 12.5 Å². The molecule has 1 unspecified atom stereocenters. The Morgan fingerprint density at radius 3 is 2.53 bits per heavy atom. The SMILES string of the molecule is [CH]=C([CH2])C(CCNC[C@H](O)c1ccccc1)C(=O)O. The summed E-state index contributed by atoms with van der Waals surface area (Å²) in [5.74, 6) is -1.72. The van der Waals surface area contributed by atoms with Crippen molar-refractivity contribution in [3.8, 4) is 0 Å². The van der Waals surface area contributed by atoms with Crippen LogP contribution in [0.15, 0.2) is 35.9 Å². The van der Waals surface area contributed by atoms with E-state index in [-0.39, 0.29) is 5.57 Å². The topological polar surface area (TPSA) is 69.6 Å². The Balaban J connectivity index is 2.31. The van der Waals surface area contributed by atoms with Crippen molar-refractivity contribution in [3.63, 3.8) is 0 Å². The lowest BCUT2D eigenvalue weighted by molar-refractivity contribution is -0.140. The minimum atomic E-state index is -0.974. The van der Waals surface area contributed by atoms with Crippen molar-refractivity contribution in [2.75, 3.05) is 13.1 Å². The molecule has 0 aliphatic rings. The van der Waals surface area contributed by atoms with Crippen molar-refractivity contribution in [1.82, 2.24) is 5.32 Å². The lowest BCUT2D eigenvalue weighted by Crippen LogP contribution is -2.26. The molecule has 0 saturated carbocycles. The zero-order chi connectivity index (χ0) is 14.3. The number of rotatable bonds is 8. The highest BCUT2D eigenvalue weighted by molar-refractivity contribution is 5.73. The predicted molar refractivity (Wildman–Crippen MR) is 73.2 cm³/mol. The van der Waals surface area contributed by atoms with E-state index in [1.54, 1.807) is 0 Å². The van der Waals surface area contributed by atoms with Gasteiger partial charge in [-0.2, -0.15) is 0 Å². The summed E-state index contributed by atoms with van der Waals surface area (Å²) < 4.78 is 0. The van der Waals surface area contributed by atoms with E-state index in [9.17, 15) is 9.90 Å². The Kier molecular flexibility index (Phi) is 6.25. The standard InChI is InChI=1S/C15H19NO3/c1-11(2)13(15(18)19)8-9-16-10-14(17)12-6-4-3-5-7-12/h1,3-7,13-14,16-17H,2,8-10H2,(H,18,19)/t13?,14-/m0/s1. The molecule has 1 aromatic rings. The van der Waals surface area contributed by atoms with E-state index in [0.29, 0.717) is 19.5 Å². The molecule has 0 aromatic heterocycles. The van der Waals surface area contributed by atoms with E-state index in [2.05, 4.69) is 12.2 Å². The normalized spacial score (nSPS) is 13.8. The Morgan fingerprint density at radius 1 is 1.37 bits per heavy atom. The number of aliphatic carboxylic acids is 1. The van der Waals surface area contributed by atoms with Gasteiger partial charge in [-0.05, 0) is 25.5 Å². The zero-order valence-electron chi connectivity index (χ0n) is 10.7. The van der Waals surface area contributed by atoms with Crippen LogP contribution in [0.4, 0.5) is 0 Å². The molecule has 0 saturated heterocycles. The second-order valence-corrected chi connectivity index (χ2v) is 4.39. The van der Waals surface area contributed by atoms with Gasteiger partial charge in [-0.25, -0.2) is 0 Å². The van der Waals surface area contributed by atoms with Crippen LogP contribution < -0.4 is 5.32 Å². The fourth-order valence-electron chi connectivity index (χ4n) is 1.75. The first-order chi connectivity index (χ1) is 9.02. The van der Waals surface area contributed by atoms with Crippen molar-refractivity contribution in [3.05, 3.63) is 55.0 Å². The molecular formula is C15H19NO3. The zero-order valence-corrected chi connectivity index (χ0v) is 10.7. The number of aliphatic hydroxyl groups is 1. The van der Waals surface area contributed by atoms with Crippen LogP contribution in [0.5, 0.6) is 0 Å². The van der Waals surface area contributed by atoms with Crippen LogP contribution in [0.25, 0.3) is 0 Å². The Morgan fingerprint density at radius 2 is 2.00 bits per heavy atom. The molecular weight excluding hydrogens is 242 g/mol. The van der Waals surface area contributed by atoms with Crippen molar-refractivity contribution in [2.24, 2.45) is 5.92 Å². The van der Waals surface area contributed by atoms with E-state index in [0.717, 1.165) is 5.56 Å². The van der Waals surface area contributed by atoms with Crippen LogP contribution in [0, 0.1) is 19.4 Å². The van der Waals surface area contributed by atoms with E-state index < -0.39 is 18.0 Å². The second-order valence-electron chi connectivity index (χ2n) is 4.39. The molecule has 0 heterocycles. The van der Waals surface area contributed by atoms with E-state index in [1.807, 2.05) is 30.3 Å². The fraction of sp³-hybridized carbons (Fsp3) is 0.333. The van der Waals surface area contributed by atoms with Crippen molar-refractivity contribution in [1.29, 1.82) is 0 Å². The van der Waals surface area contributed by atoms with Gasteiger partial charge in [0.15, 0.2) is 0 Å². The van der Waals surface area contributed by atoms with Gasteiger partial charge in [0.25, 0.3) is 0 Å². The quantitative estimate of drug-likeness (QED) is 0.622. The minimum absolute atomic E-state index is 0.151. The van der Waals surface area contributed by atoms with Gasteiger partial charge >= 0.3 is 5.97 Å². The van der Waals surface area contributed by atoms with Gasteiger partial charge in [0.05, 0.1) is 12.0 Å². The number of carboxylic acids is 1. The summed E-state index contributed by atoms with van der Waals surface area (Å²) in [5, 5.41) is 21.8. The molecule has 2 radical (unpaired) electrons. The first-order valence-corrected chi connectivity index (χ1v) is 6.13.